The lowest BCUT2D eigenvalue weighted by atomic mass is 9.99. The van der Waals surface area contributed by atoms with Crippen LogP contribution in [-0.4, -0.2) is 4.98 Å². The Labute approximate surface area is 159 Å². The zero-order valence-electron chi connectivity index (χ0n) is 12.0. The van der Waals surface area contributed by atoms with Crippen molar-refractivity contribution in [2.75, 3.05) is 0 Å². The van der Waals surface area contributed by atoms with Crippen molar-refractivity contribution in [1.29, 1.82) is 5.26 Å². The van der Waals surface area contributed by atoms with Gasteiger partial charge in [0.05, 0.1) is 0 Å². The summed E-state index contributed by atoms with van der Waals surface area (Å²) in [5.41, 5.74) is 3.22. The molecule has 6 heteroatoms. The van der Waals surface area contributed by atoms with Crippen LogP contribution >= 0.6 is 46.4 Å². The second kappa shape index (κ2) is 7.01. The minimum absolute atomic E-state index is 0.283. The summed E-state index contributed by atoms with van der Waals surface area (Å²) in [7, 11) is 0. The molecule has 0 bridgehead atoms. The molecule has 0 atom stereocenters. The van der Waals surface area contributed by atoms with Crippen LogP contribution in [0.2, 0.25) is 20.1 Å². The summed E-state index contributed by atoms with van der Waals surface area (Å²) < 4.78 is 0. The Kier molecular flexibility index (Phi) is 4.99. The fourth-order valence-electron chi connectivity index (χ4n) is 2.36. The number of nitrogens with zero attached hydrogens (tertiary/aromatic N) is 2. The maximum atomic E-state index is 9.35. The van der Waals surface area contributed by atoms with Crippen LogP contribution in [-0.2, 0) is 0 Å². The number of aromatic nitrogens is 1. The number of nitriles is 1. The molecule has 1 aromatic heterocycles. The summed E-state index contributed by atoms with van der Waals surface area (Å²) in [4.78, 5) is 4.24. The molecule has 24 heavy (non-hydrogen) atoms. The van der Waals surface area contributed by atoms with Crippen LogP contribution in [0.3, 0.4) is 0 Å². The SMILES string of the molecule is N#Cc1ncc(-c2cc(Cl)cc(Cl)c2)cc1-c1cc(Cl)cc(Cl)c1. The monoisotopic (exact) mass is 392 g/mol. The lowest BCUT2D eigenvalue weighted by Crippen LogP contribution is -1.91. The van der Waals surface area contributed by atoms with Crippen molar-refractivity contribution in [2.24, 2.45) is 0 Å². The normalized spacial score (nSPS) is 10.5. The summed E-state index contributed by atoms with van der Waals surface area (Å²) in [6.45, 7) is 0. The first-order chi connectivity index (χ1) is 11.5. The molecular formula is C18H8Cl4N2. The predicted molar refractivity (Wildman–Crippen MR) is 99.9 cm³/mol. The van der Waals surface area contributed by atoms with Gasteiger partial charge in [-0.05, 0) is 53.6 Å². The van der Waals surface area contributed by atoms with Gasteiger partial charge in [-0.2, -0.15) is 5.26 Å². The molecule has 0 fully saturated rings. The molecule has 2 aromatic carbocycles. The minimum atomic E-state index is 0.283. The fourth-order valence-corrected chi connectivity index (χ4v) is 3.41. The van der Waals surface area contributed by atoms with Crippen molar-refractivity contribution in [1.82, 2.24) is 4.98 Å². The molecule has 0 radical (unpaired) electrons. The van der Waals surface area contributed by atoms with E-state index in [4.69, 9.17) is 46.4 Å². The third-order valence-electron chi connectivity index (χ3n) is 3.36. The molecular weight excluding hydrogens is 386 g/mol. The molecule has 0 spiro atoms. The van der Waals surface area contributed by atoms with Gasteiger partial charge in [0.15, 0.2) is 0 Å². The van der Waals surface area contributed by atoms with E-state index in [0.29, 0.717) is 31.2 Å². The number of hydrogen-bond acceptors (Lipinski definition) is 2. The second-order valence-electron chi connectivity index (χ2n) is 5.05. The maximum absolute atomic E-state index is 9.35. The van der Waals surface area contributed by atoms with Gasteiger partial charge >= 0.3 is 0 Å². The number of rotatable bonds is 2. The summed E-state index contributed by atoms with van der Waals surface area (Å²) in [5, 5.41) is 11.4. The van der Waals surface area contributed by atoms with E-state index in [0.717, 1.165) is 11.1 Å². The Bertz CT molecular complexity index is 937. The molecule has 0 aliphatic carbocycles. The first-order valence-corrected chi connectivity index (χ1v) is 8.30. The number of pyridine rings is 1. The summed E-state index contributed by atoms with van der Waals surface area (Å²) in [6, 6.07) is 14.3. The van der Waals surface area contributed by atoms with E-state index in [-0.39, 0.29) is 5.69 Å². The maximum Gasteiger partial charge on any atom is 0.148 e. The molecule has 0 aliphatic heterocycles. The number of halogens is 4. The number of benzene rings is 2. The van der Waals surface area contributed by atoms with Gasteiger partial charge < -0.3 is 0 Å². The van der Waals surface area contributed by atoms with Gasteiger partial charge in [-0.1, -0.05) is 46.4 Å². The predicted octanol–water partition coefficient (Wildman–Crippen LogP) is 6.90. The third kappa shape index (κ3) is 3.66. The molecule has 3 aromatic rings. The van der Waals surface area contributed by atoms with E-state index < -0.39 is 0 Å². The van der Waals surface area contributed by atoms with Crippen LogP contribution in [0.1, 0.15) is 5.69 Å². The largest absolute Gasteiger partial charge is 0.244 e. The molecule has 0 amide bonds. The highest BCUT2D eigenvalue weighted by Crippen LogP contribution is 2.33. The van der Waals surface area contributed by atoms with Crippen LogP contribution < -0.4 is 0 Å². The zero-order chi connectivity index (χ0) is 17.3. The molecule has 0 aliphatic rings. The van der Waals surface area contributed by atoms with E-state index >= 15 is 0 Å². The fraction of sp³-hybridized carbons (Fsp3) is 0. The first kappa shape index (κ1) is 17.1. The van der Waals surface area contributed by atoms with Crippen molar-refractivity contribution in [2.45, 2.75) is 0 Å². The molecule has 1 heterocycles. The lowest BCUT2D eigenvalue weighted by molar-refractivity contribution is 1.27. The standard InChI is InChI=1S/C18H8Cl4N2/c19-13-1-10(2-14(20)6-13)12-5-17(18(8-23)24-9-12)11-3-15(21)7-16(22)4-11/h1-7,9H. The Balaban J connectivity index is 2.21. The van der Waals surface area contributed by atoms with E-state index in [1.165, 1.54) is 0 Å². The molecule has 2 nitrogen and oxygen atoms in total. The van der Waals surface area contributed by atoms with Crippen molar-refractivity contribution in [3.8, 4) is 28.3 Å². The lowest BCUT2D eigenvalue weighted by Gasteiger charge is -2.09. The molecule has 0 saturated carbocycles. The van der Waals surface area contributed by atoms with Gasteiger partial charge in [-0.3, -0.25) is 0 Å². The van der Waals surface area contributed by atoms with E-state index in [1.807, 2.05) is 6.07 Å². The Morgan fingerprint density at radius 1 is 0.667 bits per heavy atom. The van der Waals surface area contributed by atoms with Crippen LogP contribution in [0, 0.1) is 11.3 Å². The van der Waals surface area contributed by atoms with Gasteiger partial charge in [0.2, 0.25) is 0 Å². The van der Waals surface area contributed by atoms with E-state index in [2.05, 4.69) is 11.1 Å². The first-order valence-electron chi connectivity index (χ1n) is 6.79. The van der Waals surface area contributed by atoms with Crippen molar-refractivity contribution in [3.63, 3.8) is 0 Å². The highest BCUT2D eigenvalue weighted by atomic mass is 35.5. The van der Waals surface area contributed by atoms with Crippen LogP contribution in [0.25, 0.3) is 22.3 Å². The molecule has 3 rings (SSSR count). The summed E-state index contributed by atoms with van der Waals surface area (Å²) >= 11 is 24.3. The van der Waals surface area contributed by atoms with E-state index in [1.54, 1.807) is 42.6 Å². The van der Waals surface area contributed by atoms with Gasteiger partial charge in [-0.25, -0.2) is 4.98 Å². The van der Waals surface area contributed by atoms with Crippen LogP contribution in [0.4, 0.5) is 0 Å². The van der Waals surface area contributed by atoms with Crippen molar-refractivity contribution < 1.29 is 0 Å². The highest BCUT2D eigenvalue weighted by Gasteiger charge is 2.11. The Hall–Kier alpha value is -1.76. The van der Waals surface area contributed by atoms with Crippen molar-refractivity contribution >= 4 is 46.4 Å². The highest BCUT2D eigenvalue weighted by molar-refractivity contribution is 6.35. The third-order valence-corrected chi connectivity index (χ3v) is 4.24. The van der Waals surface area contributed by atoms with E-state index in [9.17, 15) is 5.26 Å². The Morgan fingerprint density at radius 2 is 1.17 bits per heavy atom. The second-order valence-corrected chi connectivity index (χ2v) is 6.79. The van der Waals surface area contributed by atoms with Gasteiger partial charge in [-0.15, -0.1) is 0 Å². The zero-order valence-corrected chi connectivity index (χ0v) is 15.0. The topological polar surface area (TPSA) is 36.7 Å². The molecule has 0 saturated heterocycles. The van der Waals surface area contributed by atoms with Gasteiger partial charge in [0, 0.05) is 37.4 Å². The smallest absolute Gasteiger partial charge is 0.148 e. The van der Waals surface area contributed by atoms with Gasteiger partial charge in [0.25, 0.3) is 0 Å². The minimum Gasteiger partial charge on any atom is -0.244 e. The molecule has 118 valence electrons. The summed E-state index contributed by atoms with van der Waals surface area (Å²) in [6.07, 6.45) is 1.61. The van der Waals surface area contributed by atoms with Crippen LogP contribution in [0.5, 0.6) is 0 Å². The average Bonchev–Trinajstić information content (AvgIpc) is 2.52. The molecule has 0 unspecified atom stereocenters. The average molecular weight is 394 g/mol. The number of hydrogen-bond donors (Lipinski definition) is 0. The Morgan fingerprint density at radius 3 is 1.67 bits per heavy atom. The van der Waals surface area contributed by atoms with Gasteiger partial charge in [0.1, 0.15) is 11.8 Å². The quantitative estimate of drug-likeness (QED) is 0.474. The summed E-state index contributed by atoms with van der Waals surface area (Å²) in [5.74, 6) is 0. The van der Waals surface area contributed by atoms with Crippen LogP contribution in [0.15, 0.2) is 48.7 Å². The van der Waals surface area contributed by atoms with Crippen molar-refractivity contribution in [3.05, 3.63) is 74.4 Å². The molecule has 0 N–H and O–H groups in total.